The molecule has 4 heteroatoms. The molecule has 2 aromatic heterocycles. The van der Waals surface area contributed by atoms with Gasteiger partial charge in [-0.2, -0.15) is 0 Å². The Kier molecular flexibility index (Phi) is 1.65. The molecule has 1 fully saturated rings. The minimum absolute atomic E-state index is 0.333. The Balaban J connectivity index is 2.11. The lowest BCUT2D eigenvalue weighted by molar-refractivity contribution is 0.405. The Morgan fingerprint density at radius 3 is 3.00 bits per heavy atom. The Morgan fingerprint density at radius 1 is 1.53 bits per heavy atom. The van der Waals surface area contributed by atoms with Crippen LogP contribution in [0.15, 0.2) is 18.3 Å². The molecule has 0 spiro atoms. The lowest BCUT2D eigenvalue weighted by atomic mass is 9.97. The van der Waals surface area contributed by atoms with Gasteiger partial charge in [0.1, 0.15) is 5.82 Å². The van der Waals surface area contributed by atoms with E-state index in [0.717, 1.165) is 17.0 Å². The van der Waals surface area contributed by atoms with Gasteiger partial charge in [0.05, 0.1) is 11.1 Å². The van der Waals surface area contributed by atoms with Crippen molar-refractivity contribution in [2.24, 2.45) is 11.7 Å². The maximum absolute atomic E-state index is 6.29. The van der Waals surface area contributed by atoms with Crippen LogP contribution in [0.1, 0.15) is 25.6 Å². The summed E-state index contributed by atoms with van der Waals surface area (Å²) in [6.07, 6.45) is 4.16. The van der Waals surface area contributed by atoms with Crippen molar-refractivity contribution in [1.82, 2.24) is 15.0 Å². The fourth-order valence-electron chi connectivity index (χ4n) is 1.98. The molecule has 3 N–H and O–H groups in total. The summed E-state index contributed by atoms with van der Waals surface area (Å²) in [4.78, 5) is 11.9. The lowest BCUT2D eigenvalue weighted by Gasteiger charge is -2.20. The summed E-state index contributed by atoms with van der Waals surface area (Å²) >= 11 is 0. The molecule has 3 rings (SSSR count). The van der Waals surface area contributed by atoms with Crippen LogP contribution in [0.2, 0.25) is 0 Å². The van der Waals surface area contributed by atoms with Gasteiger partial charge in [0, 0.05) is 6.20 Å². The predicted molar refractivity (Wildman–Crippen MR) is 58.2 cm³/mol. The average Bonchev–Trinajstić information content (AvgIpc) is 2.97. The van der Waals surface area contributed by atoms with Crippen LogP contribution in [0.3, 0.4) is 0 Å². The van der Waals surface area contributed by atoms with Crippen LogP contribution in [0, 0.1) is 5.92 Å². The molecule has 1 saturated carbocycles. The highest BCUT2D eigenvalue weighted by molar-refractivity contribution is 5.70. The highest BCUT2D eigenvalue weighted by Crippen LogP contribution is 2.42. The summed E-state index contributed by atoms with van der Waals surface area (Å²) in [5.41, 5.74) is 7.67. The normalized spacial score (nSPS) is 20.4. The quantitative estimate of drug-likeness (QED) is 0.776. The van der Waals surface area contributed by atoms with E-state index in [-0.39, 0.29) is 5.54 Å². The molecule has 4 nitrogen and oxygen atoms in total. The number of hydrogen-bond donors (Lipinski definition) is 2. The van der Waals surface area contributed by atoms with Crippen LogP contribution in [0.5, 0.6) is 0 Å². The number of aromatic nitrogens is 3. The molecule has 1 unspecified atom stereocenters. The highest BCUT2D eigenvalue weighted by atomic mass is 15.0. The van der Waals surface area contributed by atoms with Gasteiger partial charge in [-0.15, -0.1) is 0 Å². The smallest absolute Gasteiger partial charge is 0.177 e. The number of H-pyrrole nitrogens is 1. The van der Waals surface area contributed by atoms with Crippen molar-refractivity contribution in [3.8, 4) is 0 Å². The van der Waals surface area contributed by atoms with Crippen molar-refractivity contribution in [3.05, 3.63) is 24.2 Å². The Hall–Kier alpha value is -1.42. The zero-order valence-corrected chi connectivity index (χ0v) is 8.70. The van der Waals surface area contributed by atoms with E-state index in [1.807, 2.05) is 19.1 Å². The van der Waals surface area contributed by atoms with Crippen molar-refractivity contribution >= 4 is 11.2 Å². The van der Waals surface area contributed by atoms with Crippen LogP contribution in [0.25, 0.3) is 11.2 Å². The third-order valence-corrected chi connectivity index (χ3v) is 3.19. The molecule has 0 saturated heterocycles. The monoisotopic (exact) mass is 202 g/mol. The number of nitrogens with one attached hydrogen (secondary N) is 1. The number of rotatable bonds is 2. The molecule has 1 aliphatic carbocycles. The van der Waals surface area contributed by atoms with Gasteiger partial charge in [-0.3, -0.25) is 0 Å². The van der Waals surface area contributed by atoms with E-state index in [1.54, 1.807) is 6.20 Å². The van der Waals surface area contributed by atoms with Crippen LogP contribution in [-0.2, 0) is 5.54 Å². The van der Waals surface area contributed by atoms with Gasteiger partial charge in [0.2, 0.25) is 0 Å². The molecule has 1 aliphatic rings. The van der Waals surface area contributed by atoms with Crippen molar-refractivity contribution in [2.45, 2.75) is 25.3 Å². The van der Waals surface area contributed by atoms with Gasteiger partial charge >= 0.3 is 0 Å². The third kappa shape index (κ3) is 1.33. The largest absolute Gasteiger partial charge is 0.339 e. The van der Waals surface area contributed by atoms with Crippen molar-refractivity contribution in [2.75, 3.05) is 0 Å². The Morgan fingerprint density at radius 2 is 2.33 bits per heavy atom. The van der Waals surface area contributed by atoms with E-state index in [2.05, 4.69) is 15.0 Å². The second kappa shape index (κ2) is 2.79. The summed E-state index contributed by atoms with van der Waals surface area (Å²) in [7, 11) is 0. The Bertz CT molecular complexity index is 463. The molecule has 78 valence electrons. The van der Waals surface area contributed by atoms with Gasteiger partial charge in [-0.25, -0.2) is 9.97 Å². The van der Waals surface area contributed by atoms with E-state index in [4.69, 9.17) is 5.73 Å². The van der Waals surface area contributed by atoms with Crippen molar-refractivity contribution in [1.29, 1.82) is 0 Å². The first kappa shape index (κ1) is 8.85. The van der Waals surface area contributed by atoms with Crippen LogP contribution < -0.4 is 5.73 Å². The highest BCUT2D eigenvalue weighted by Gasteiger charge is 2.41. The summed E-state index contributed by atoms with van der Waals surface area (Å²) in [6, 6.07) is 3.87. The number of nitrogens with zero attached hydrogens (tertiary/aromatic N) is 2. The number of hydrogen-bond acceptors (Lipinski definition) is 3. The lowest BCUT2D eigenvalue weighted by Crippen LogP contribution is -2.36. The minimum Gasteiger partial charge on any atom is -0.339 e. The van der Waals surface area contributed by atoms with Crippen LogP contribution in [-0.4, -0.2) is 15.0 Å². The summed E-state index contributed by atoms with van der Waals surface area (Å²) in [6.45, 7) is 2.04. The molecule has 15 heavy (non-hydrogen) atoms. The van der Waals surface area contributed by atoms with Crippen molar-refractivity contribution in [3.63, 3.8) is 0 Å². The first-order valence-corrected chi connectivity index (χ1v) is 5.28. The van der Waals surface area contributed by atoms with Crippen LogP contribution >= 0.6 is 0 Å². The molecular weight excluding hydrogens is 188 g/mol. The first-order chi connectivity index (χ1) is 7.18. The van der Waals surface area contributed by atoms with Crippen LogP contribution in [0.4, 0.5) is 0 Å². The molecule has 2 heterocycles. The van der Waals surface area contributed by atoms with E-state index in [9.17, 15) is 0 Å². The van der Waals surface area contributed by atoms with E-state index in [0.29, 0.717) is 5.92 Å². The second-order valence-corrected chi connectivity index (χ2v) is 4.52. The number of imidazole rings is 1. The van der Waals surface area contributed by atoms with Crippen molar-refractivity contribution < 1.29 is 0 Å². The zero-order chi connectivity index (χ0) is 10.5. The standard InChI is InChI=1S/C11H14N4/c1-11(12,7-4-5-7)10-14-8-3-2-6-13-9(8)15-10/h2-3,6-7H,4-5,12H2,1H3,(H,13,14,15). The van der Waals surface area contributed by atoms with Gasteiger partial charge in [-0.05, 0) is 37.8 Å². The SMILES string of the molecule is CC(N)(c1nc2ncccc2[nH]1)C1CC1. The molecule has 0 aliphatic heterocycles. The molecule has 0 amide bonds. The molecule has 0 bridgehead atoms. The maximum Gasteiger partial charge on any atom is 0.177 e. The number of fused-ring (bicyclic) bond motifs is 1. The van der Waals surface area contributed by atoms with Gasteiger partial charge in [0.25, 0.3) is 0 Å². The number of aromatic amines is 1. The maximum atomic E-state index is 6.29. The molecular formula is C11H14N4. The first-order valence-electron chi connectivity index (χ1n) is 5.28. The Labute approximate surface area is 87.9 Å². The fraction of sp³-hybridized carbons (Fsp3) is 0.455. The summed E-state index contributed by atoms with van der Waals surface area (Å²) in [5, 5.41) is 0. The van der Waals surface area contributed by atoms with E-state index >= 15 is 0 Å². The third-order valence-electron chi connectivity index (χ3n) is 3.19. The molecule has 0 radical (unpaired) electrons. The predicted octanol–water partition coefficient (Wildman–Crippen LogP) is 1.54. The number of nitrogens with two attached hydrogens (primary N) is 1. The van der Waals surface area contributed by atoms with E-state index < -0.39 is 0 Å². The summed E-state index contributed by atoms with van der Waals surface area (Å²) < 4.78 is 0. The number of pyridine rings is 1. The average molecular weight is 202 g/mol. The fourth-order valence-corrected chi connectivity index (χ4v) is 1.98. The molecule has 2 aromatic rings. The summed E-state index contributed by atoms with van der Waals surface area (Å²) in [5.74, 6) is 1.43. The zero-order valence-electron chi connectivity index (χ0n) is 8.70. The second-order valence-electron chi connectivity index (χ2n) is 4.52. The van der Waals surface area contributed by atoms with Gasteiger partial charge in [0.15, 0.2) is 5.65 Å². The topological polar surface area (TPSA) is 67.6 Å². The minimum atomic E-state index is -0.333. The van der Waals surface area contributed by atoms with E-state index in [1.165, 1.54) is 12.8 Å². The molecule has 1 atom stereocenters. The molecule has 0 aromatic carbocycles. The van der Waals surface area contributed by atoms with Gasteiger partial charge < -0.3 is 10.7 Å². The van der Waals surface area contributed by atoms with Gasteiger partial charge in [-0.1, -0.05) is 0 Å².